The first-order chi connectivity index (χ1) is 13.8. The Labute approximate surface area is 172 Å². The van der Waals surface area contributed by atoms with E-state index in [0.717, 1.165) is 33.5 Å². The lowest BCUT2D eigenvalue weighted by Gasteiger charge is -2.29. The molecule has 7 nitrogen and oxygen atoms in total. The zero-order chi connectivity index (χ0) is 21.0. The van der Waals surface area contributed by atoms with Gasteiger partial charge >= 0.3 is 0 Å². The number of carbonyl (C=O) groups excluding carboxylic acids is 1. The van der Waals surface area contributed by atoms with E-state index in [1.165, 1.54) is 18.2 Å². The normalized spacial score (nSPS) is 12.4. The summed E-state index contributed by atoms with van der Waals surface area (Å²) >= 11 is 1.16. The molecule has 1 amide bonds. The molecule has 1 unspecified atom stereocenters. The van der Waals surface area contributed by atoms with Gasteiger partial charge in [-0.3, -0.25) is 14.4 Å². The molecule has 3 aromatic rings. The topological polar surface area (TPSA) is 92.3 Å². The van der Waals surface area contributed by atoms with Crippen molar-refractivity contribution in [3.8, 4) is 10.6 Å². The fourth-order valence-electron chi connectivity index (χ4n) is 2.83. The summed E-state index contributed by atoms with van der Waals surface area (Å²) in [6.45, 7) is 1.65. The minimum atomic E-state index is -3.93. The number of rotatable bonds is 7. The fourth-order valence-corrected chi connectivity index (χ4v) is 4.79. The van der Waals surface area contributed by atoms with Crippen LogP contribution in [0.2, 0.25) is 0 Å². The highest BCUT2D eigenvalue weighted by Crippen LogP contribution is 2.28. The molecule has 0 spiro atoms. The van der Waals surface area contributed by atoms with Gasteiger partial charge in [-0.25, -0.2) is 12.8 Å². The van der Waals surface area contributed by atoms with Crippen molar-refractivity contribution in [2.24, 2.45) is 0 Å². The lowest BCUT2D eigenvalue weighted by Crippen LogP contribution is -2.47. The standard InChI is InChI=1S/C19H19FN4O3S2/c1-3-15(24(29(2,26)27)16-12-8-7-11-14(16)20)17(25)21-19-23-22-18(28-19)13-9-5-4-6-10-13/h4-12,15H,3H2,1-2H3,(H,21,23,25). The van der Waals surface area contributed by atoms with E-state index in [4.69, 9.17) is 0 Å². The lowest BCUT2D eigenvalue weighted by atomic mass is 10.2. The van der Waals surface area contributed by atoms with Gasteiger partial charge in [-0.05, 0) is 18.6 Å². The Kier molecular flexibility index (Phi) is 6.23. The Balaban J connectivity index is 1.88. The summed E-state index contributed by atoms with van der Waals surface area (Å²) in [6.07, 6.45) is 1.07. The van der Waals surface area contributed by atoms with Crippen LogP contribution in [-0.4, -0.2) is 36.8 Å². The van der Waals surface area contributed by atoms with Gasteiger partial charge < -0.3 is 0 Å². The SMILES string of the molecule is CCC(C(=O)Nc1nnc(-c2ccccc2)s1)N(c1ccccc1F)S(C)(=O)=O. The molecule has 3 rings (SSSR count). The zero-order valence-electron chi connectivity index (χ0n) is 15.7. The number of nitrogens with one attached hydrogen (secondary N) is 1. The van der Waals surface area contributed by atoms with Crippen LogP contribution in [0.5, 0.6) is 0 Å². The Hall–Kier alpha value is -2.85. The van der Waals surface area contributed by atoms with E-state index < -0.39 is 27.8 Å². The molecule has 29 heavy (non-hydrogen) atoms. The summed E-state index contributed by atoms with van der Waals surface area (Å²) in [6, 6.07) is 13.6. The maximum absolute atomic E-state index is 14.3. The number of hydrogen-bond acceptors (Lipinski definition) is 6. The van der Waals surface area contributed by atoms with Gasteiger partial charge in [0.05, 0.1) is 11.9 Å². The molecule has 0 aliphatic carbocycles. The average Bonchev–Trinajstić information content (AvgIpc) is 3.15. The van der Waals surface area contributed by atoms with Crippen molar-refractivity contribution < 1.29 is 17.6 Å². The maximum Gasteiger partial charge on any atom is 0.250 e. The first kappa shape index (κ1) is 20.9. The second-order valence-electron chi connectivity index (χ2n) is 6.20. The van der Waals surface area contributed by atoms with Gasteiger partial charge in [0, 0.05) is 5.56 Å². The van der Waals surface area contributed by atoms with Crippen molar-refractivity contribution in [2.45, 2.75) is 19.4 Å². The summed E-state index contributed by atoms with van der Waals surface area (Å²) in [5.74, 6) is -1.34. The number of anilines is 2. The van der Waals surface area contributed by atoms with Crippen LogP contribution < -0.4 is 9.62 Å². The van der Waals surface area contributed by atoms with E-state index in [9.17, 15) is 17.6 Å². The van der Waals surface area contributed by atoms with Crippen molar-refractivity contribution >= 4 is 38.1 Å². The number of halogens is 1. The highest BCUT2D eigenvalue weighted by Gasteiger charge is 2.33. The number of carbonyl (C=O) groups is 1. The third-order valence-corrected chi connectivity index (χ3v) is 6.15. The van der Waals surface area contributed by atoms with Crippen LogP contribution in [0.3, 0.4) is 0 Å². The van der Waals surface area contributed by atoms with Gasteiger partial charge in [0.15, 0.2) is 0 Å². The molecule has 0 aliphatic rings. The Morgan fingerprint density at radius 1 is 1.14 bits per heavy atom. The number of sulfonamides is 1. The average molecular weight is 435 g/mol. The Morgan fingerprint density at radius 2 is 1.79 bits per heavy atom. The van der Waals surface area contributed by atoms with Crippen molar-refractivity contribution in [2.75, 3.05) is 15.9 Å². The number of aromatic nitrogens is 2. The van der Waals surface area contributed by atoms with Crippen LogP contribution >= 0.6 is 11.3 Å². The van der Waals surface area contributed by atoms with Crippen molar-refractivity contribution in [1.29, 1.82) is 0 Å². The summed E-state index contributed by atoms with van der Waals surface area (Å²) < 4.78 is 39.9. The quantitative estimate of drug-likeness (QED) is 0.614. The molecule has 152 valence electrons. The van der Waals surface area contributed by atoms with Gasteiger partial charge in [0.2, 0.25) is 21.1 Å². The third-order valence-electron chi connectivity index (χ3n) is 4.10. The highest BCUT2D eigenvalue weighted by molar-refractivity contribution is 7.92. The second kappa shape index (κ2) is 8.66. The summed E-state index contributed by atoms with van der Waals surface area (Å²) in [5.41, 5.74) is 0.667. The van der Waals surface area contributed by atoms with Crippen LogP contribution in [0.1, 0.15) is 13.3 Å². The van der Waals surface area contributed by atoms with E-state index in [1.807, 2.05) is 30.3 Å². The van der Waals surface area contributed by atoms with Crippen LogP contribution in [0.4, 0.5) is 15.2 Å². The summed E-state index contributed by atoms with van der Waals surface area (Å²) in [7, 11) is -3.93. The van der Waals surface area contributed by atoms with Gasteiger partial charge in [0.1, 0.15) is 16.9 Å². The smallest absolute Gasteiger partial charge is 0.250 e. The van der Waals surface area contributed by atoms with Crippen molar-refractivity contribution in [3.05, 3.63) is 60.4 Å². The van der Waals surface area contributed by atoms with Gasteiger partial charge in [-0.2, -0.15) is 0 Å². The molecule has 0 saturated carbocycles. The highest BCUT2D eigenvalue weighted by atomic mass is 32.2. The third kappa shape index (κ3) is 4.77. The molecule has 0 bridgehead atoms. The van der Waals surface area contributed by atoms with Crippen LogP contribution in [0.15, 0.2) is 54.6 Å². The van der Waals surface area contributed by atoms with E-state index in [2.05, 4.69) is 15.5 Å². The number of para-hydroxylation sites is 1. The van der Waals surface area contributed by atoms with E-state index in [0.29, 0.717) is 5.01 Å². The molecular formula is C19H19FN4O3S2. The first-order valence-electron chi connectivity index (χ1n) is 8.75. The van der Waals surface area contributed by atoms with Crippen LogP contribution in [0.25, 0.3) is 10.6 Å². The Bertz CT molecular complexity index is 1100. The monoisotopic (exact) mass is 434 g/mol. The molecule has 0 fully saturated rings. The molecular weight excluding hydrogens is 415 g/mol. The molecule has 1 atom stereocenters. The Morgan fingerprint density at radius 3 is 2.41 bits per heavy atom. The van der Waals surface area contributed by atoms with E-state index in [1.54, 1.807) is 6.92 Å². The molecule has 1 aromatic heterocycles. The molecule has 2 aromatic carbocycles. The van der Waals surface area contributed by atoms with Gasteiger partial charge in [-0.1, -0.05) is 60.7 Å². The van der Waals surface area contributed by atoms with Crippen LogP contribution in [0, 0.1) is 5.82 Å². The molecule has 0 aliphatic heterocycles. The molecule has 0 radical (unpaired) electrons. The van der Waals surface area contributed by atoms with Crippen molar-refractivity contribution in [1.82, 2.24) is 10.2 Å². The number of nitrogens with zero attached hydrogens (tertiary/aromatic N) is 3. The summed E-state index contributed by atoms with van der Waals surface area (Å²) in [5, 5.41) is 11.5. The van der Waals surface area contributed by atoms with E-state index in [-0.39, 0.29) is 17.2 Å². The van der Waals surface area contributed by atoms with Gasteiger partial charge in [0.25, 0.3) is 0 Å². The number of hydrogen-bond donors (Lipinski definition) is 1. The summed E-state index contributed by atoms with van der Waals surface area (Å²) in [4.78, 5) is 12.9. The molecule has 1 heterocycles. The minimum Gasteiger partial charge on any atom is -0.299 e. The second-order valence-corrected chi connectivity index (χ2v) is 9.04. The molecule has 10 heteroatoms. The lowest BCUT2D eigenvalue weighted by molar-refractivity contribution is -0.117. The number of benzene rings is 2. The predicted octanol–water partition coefficient (Wildman–Crippen LogP) is 3.53. The predicted molar refractivity (Wildman–Crippen MR) is 112 cm³/mol. The van der Waals surface area contributed by atoms with Crippen molar-refractivity contribution in [3.63, 3.8) is 0 Å². The number of amides is 1. The van der Waals surface area contributed by atoms with E-state index >= 15 is 0 Å². The zero-order valence-corrected chi connectivity index (χ0v) is 17.4. The van der Waals surface area contributed by atoms with Gasteiger partial charge in [-0.15, -0.1) is 10.2 Å². The maximum atomic E-state index is 14.3. The largest absolute Gasteiger partial charge is 0.299 e. The van der Waals surface area contributed by atoms with Crippen LogP contribution in [-0.2, 0) is 14.8 Å². The molecule has 0 saturated heterocycles. The first-order valence-corrected chi connectivity index (χ1v) is 11.4. The fraction of sp³-hybridized carbons (Fsp3) is 0.211. The minimum absolute atomic E-state index is 0.136. The molecule has 1 N–H and O–H groups in total.